The Kier molecular flexibility index (Phi) is 2.67. The maximum absolute atomic E-state index is 12.0. The van der Waals surface area contributed by atoms with Gasteiger partial charge in [0.05, 0.1) is 0 Å². The van der Waals surface area contributed by atoms with E-state index in [0.717, 1.165) is 0 Å². The molecule has 5 heteroatoms. The molecule has 0 saturated carbocycles. The first-order chi connectivity index (χ1) is 8.11. The number of hydrogen-bond donors (Lipinski definition) is 2. The van der Waals surface area contributed by atoms with Crippen LogP contribution in [-0.2, 0) is 15.0 Å². The molecule has 0 bridgehead atoms. The standard InChI is InChI=1S/C12H12N2O3/c1-2-12(8-6-4-3-5-7-8)9(15)13-11(17)14-10(12)16/h3-7H,2H2,1H3,(H2,13,14,15,16,17)/i13+1,14+1. The number of benzene rings is 1. The third-order valence-electron chi connectivity index (χ3n) is 3.03. The Hall–Kier alpha value is -2.17. The Bertz CT molecular complexity index is 462. The highest BCUT2D eigenvalue weighted by Gasteiger charge is 2.50. The molecule has 1 aliphatic rings. The first-order valence-corrected chi connectivity index (χ1v) is 5.33. The van der Waals surface area contributed by atoms with Crippen LogP contribution in [-0.4, -0.2) is 17.8 Å². The molecule has 1 aromatic carbocycles. The summed E-state index contributed by atoms with van der Waals surface area (Å²) in [5.41, 5.74) is -0.722. The Morgan fingerprint density at radius 1 is 1.00 bits per heavy atom. The molecule has 88 valence electrons. The molecule has 0 aromatic heterocycles. The summed E-state index contributed by atoms with van der Waals surface area (Å²) in [4.78, 5) is 35.0. The maximum atomic E-state index is 12.0. The lowest BCUT2D eigenvalue weighted by atomic mass is 9.77. The summed E-state index contributed by atoms with van der Waals surface area (Å²) in [6.07, 6.45) is 0.294. The van der Waals surface area contributed by atoms with E-state index in [-0.39, 0.29) is 0 Å². The second kappa shape index (κ2) is 4.01. The van der Waals surface area contributed by atoms with Gasteiger partial charge in [0.2, 0.25) is 11.8 Å². The van der Waals surface area contributed by atoms with Crippen molar-refractivity contribution in [3.8, 4) is 0 Å². The van der Waals surface area contributed by atoms with E-state index in [0.29, 0.717) is 12.0 Å². The fourth-order valence-corrected chi connectivity index (χ4v) is 2.06. The number of carbonyl (C=O) groups is 3. The third kappa shape index (κ3) is 1.60. The van der Waals surface area contributed by atoms with Crippen molar-refractivity contribution >= 4 is 17.8 Å². The number of carbonyl (C=O) groups excluding carboxylic acids is 3. The molecule has 5 nitrogen and oxygen atoms in total. The van der Waals surface area contributed by atoms with Crippen molar-refractivity contribution in [1.29, 1.82) is 0 Å². The van der Waals surface area contributed by atoms with Crippen molar-refractivity contribution in [3.05, 3.63) is 35.9 Å². The van der Waals surface area contributed by atoms with Gasteiger partial charge in [-0.1, -0.05) is 37.3 Å². The molecule has 2 rings (SSSR count). The van der Waals surface area contributed by atoms with Crippen molar-refractivity contribution in [1.82, 2.24) is 10.6 Å². The molecule has 1 aromatic rings. The zero-order valence-corrected chi connectivity index (χ0v) is 9.32. The van der Waals surface area contributed by atoms with Gasteiger partial charge in [-0.05, 0) is 12.0 Å². The van der Waals surface area contributed by atoms with Crippen LogP contribution in [0.3, 0.4) is 0 Å². The fourth-order valence-electron chi connectivity index (χ4n) is 2.06. The van der Waals surface area contributed by atoms with Gasteiger partial charge < -0.3 is 0 Å². The van der Waals surface area contributed by atoms with Crippen LogP contribution in [0.5, 0.6) is 0 Å². The largest absolute Gasteiger partial charge is 0.328 e. The van der Waals surface area contributed by atoms with Crippen LogP contribution < -0.4 is 10.6 Å². The van der Waals surface area contributed by atoms with E-state index in [2.05, 4.69) is 10.6 Å². The van der Waals surface area contributed by atoms with Crippen LogP contribution in [0.25, 0.3) is 0 Å². The van der Waals surface area contributed by atoms with Crippen LogP contribution in [0.4, 0.5) is 4.79 Å². The van der Waals surface area contributed by atoms with Gasteiger partial charge >= 0.3 is 6.03 Å². The molecular formula is C12H12N2O3. The second-order valence-corrected chi connectivity index (χ2v) is 3.86. The summed E-state index contributed by atoms with van der Waals surface area (Å²) >= 11 is 0. The smallest absolute Gasteiger partial charge is 0.277 e. The summed E-state index contributed by atoms with van der Waals surface area (Å²) in [5, 5.41) is 4.28. The van der Waals surface area contributed by atoms with Crippen LogP contribution in [0.15, 0.2) is 30.3 Å². The van der Waals surface area contributed by atoms with E-state index in [1.54, 1.807) is 37.3 Å². The van der Waals surface area contributed by atoms with Gasteiger partial charge in [-0.3, -0.25) is 20.2 Å². The Balaban J connectivity index is 2.54. The van der Waals surface area contributed by atoms with Crippen LogP contribution in [0.2, 0.25) is 0 Å². The molecule has 0 radical (unpaired) electrons. The molecule has 0 atom stereocenters. The monoisotopic (exact) mass is 234 g/mol. The van der Waals surface area contributed by atoms with Gasteiger partial charge in [-0.25, -0.2) is 4.79 Å². The predicted octanol–water partition coefficient (Wildman–Crippen LogP) is 0.700. The number of amides is 4. The third-order valence-corrected chi connectivity index (χ3v) is 3.03. The number of barbiturate groups is 1. The second-order valence-electron chi connectivity index (χ2n) is 3.86. The highest BCUT2D eigenvalue weighted by molar-refractivity contribution is 6.22. The van der Waals surface area contributed by atoms with Crippen molar-refractivity contribution in [2.24, 2.45) is 0 Å². The van der Waals surface area contributed by atoms with Crippen molar-refractivity contribution in [2.45, 2.75) is 18.8 Å². The Morgan fingerprint density at radius 2 is 1.53 bits per heavy atom. The molecule has 4 amide bonds. The van der Waals surface area contributed by atoms with Crippen molar-refractivity contribution < 1.29 is 14.4 Å². The van der Waals surface area contributed by atoms with Crippen molar-refractivity contribution in [3.63, 3.8) is 0 Å². The molecule has 1 heterocycles. The van der Waals surface area contributed by atoms with E-state index in [1.165, 1.54) is 0 Å². The molecule has 2 N–H and O–H groups in total. The maximum Gasteiger partial charge on any atom is 0.328 e. The molecule has 0 aliphatic carbocycles. The lowest BCUT2D eigenvalue weighted by Gasteiger charge is -2.33. The molecule has 0 spiro atoms. The quantitative estimate of drug-likeness (QED) is 0.584. The SMILES string of the molecule is CCC1(c2ccccc2)C(=O)[15NH]C(=O)[15NH]C1=O. The van der Waals surface area contributed by atoms with Gasteiger partial charge in [0.15, 0.2) is 5.41 Å². The highest BCUT2D eigenvalue weighted by atomic mass is 16.3. The molecule has 17 heavy (non-hydrogen) atoms. The summed E-state index contributed by atoms with van der Waals surface area (Å²) in [6.45, 7) is 1.74. The number of imide groups is 2. The average molecular weight is 234 g/mol. The number of rotatable bonds is 2. The van der Waals surface area contributed by atoms with Crippen LogP contribution in [0, 0.1) is 0 Å². The lowest BCUT2D eigenvalue weighted by Crippen LogP contribution is -2.64. The molecule has 1 fully saturated rings. The summed E-state index contributed by atoms with van der Waals surface area (Å²) < 4.78 is 0. The van der Waals surface area contributed by atoms with E-state index in [4.69, 9.17) is 0 Å². The average Bonchev–Trinajstić information content (AvgIpc) is 2.30. The minimum absolute atomic E-state index is 0.294. The van der Waals surface area contributed by atoms with Crippen LogP contribution in [0.1, 0.15) is 18.9 Å². The zero-order valence-electron chi connectivity index (χ0n) is 9.32. The van der Waals surface area contributed by atoms with Gasteiger partial charge in [0.1, 0.15) is 0 Å². The fraction of sp³-hybridized carbons (Fsp3) is 0.250. The van der Waals surface area contributed by atoms with Crippen molar-refractivity contribution in [2.75, 3.05) is 0 Å². The molecule has 1 saturated heterocycles. The van der Waals surface area contributed by atoms with E-state index >= 15 is 0 Å². The first kappa shape index (κ1) is 11.3. The van der Waals surface area contributed by atoms with E-state index < -0.39 is 23.3 Å². The Morgan fingerprint density at radius 3 is 2.00 bits per heavy atom. The lowest BCUT2D eigenvalue weighted by molar-refractivity contribution is -0.138. The zero-order chi connectivity index (χ0) is 12.5. The van der Waals surface area contributed by atoms with E-state index in [1.807, 2.05) is 0 Å². The number of hydrogen-bond acceptors (Lipinski definition) is 3. The minimum atomic E-state index is -1.31. The predicted molar refractivity (Wildman–Crippen MR) is 60.1 cm³/mol. The summed E-state index contributed by atoms with van der Waals surface area (Å²) in [7, 11) is 0. The highest BCUT2D eigenvalue weighted by Crippen LogP contribution is 2.30. The van der Waals surface area contributed by atoms with Gasteiger partial charge in [-0.15, -0.1) is 0 Å². The Labute approximate surface area is 98.2 Å². The molecule has 1 aliphatic heterocycles. The summed E-state index contributed by atoms with van der Waals surface area (Å²) in [5.74, 6) is -1.14. The first-order valence-electron chi connectivity index (χ1n) is 5.33. The molecular weight excluding hydrogens is 222 g/mol. The summed E-state index contributed by atoms with van der Waals surface area (Å²) in [6, 6.07) is 7.96. The van der Waals surface area contributed by atoms with Gasteiger partial charge in [0.25, 0.3) is 0 Å². The number of urea groups is 1. The van der Waals surface area contributed by atoms with Gasteiger partial charge in [-0.2, -0.15) is 0 Å². The minimum Gasteiger partial charge on any atom is -0.277 e. The van der Waals surface area contributed by atoms with Crippen LogP contribution >= 0.6 is 0 Å². The van der Waals surface area contributed by atoms with Gasteiger partial charge in [0, 0.05) is 0 Å². The molecule has 0 unspecified atom stereocenters. The normalized spacial score (nSPS) is 18.5. The van der Waals surface area contributed by atoms with E-state index in [9.17, 15) is 14.4 Å². The number of nitrogens with one attached hydrogen (secondary N) is 2. The topological polar surface area (TPSA) is 75.3 Å².